The molecular formula is H5AuClNaO2. The SMILES string of the molecule is O.O.[Cl][Au].[NaH]. The molecular weight excluding hydrogens is 287 g/mol. The molecule has 0 bridgehead atoms. The Labute approximate surface area is 68.9 Å². The zero-order valence-corrected chi connectivity index (χ0v) is 4.60. The third kappa shape index (κ3) is 24.4. The Morgan fingerprint density at radius 3 is 1.00 bits per heavy atom. The van der Waals surface area contributed by atoms with Crippen LogP contribution >= 0.6 is 9.19 Å². The van der Waals surface area contributed by atoms with Crippen molar-refractivity contribution in [1.82, 2.24) is 0 Å². The van der Waals surface area contributed by atoms with Gasteiger partial charge in [-0.25, -0.2) is 0 Å². The Morgan fingerprint density at radius 1 is 1.00 bits per heavy atom. The van der Waals surface area contributed by atoms with Crippen molar-refractivity contribution < 1.29 is 30.9 Å². The molecule has 0 rings (SSSR count). The van der Waals surface area contributed by atoms with Crippen LogP contribution in [0.2, 0.25) is 0 Å². The van der Waals surface area contributed by atoms with Crippen LogP contribution in [0.1, 0.15) is 0 Å². The van der Waals surface area contributed by atoms with Crippen molar-refractivity contribution >= 4 is 38.7 Å². The van der Waals surface area contributed by atoms with Crippen LogP contribution in [0.4, 0.5) is 0 Å². The van der Waals surface area contributed by atoms with E-state index in [0.29, 0.717) is 0 Å². The van der Waals surface area contributed by atoms with Crippen LogP contribution in [0, 0.1) is 0 Å². The second-order valence-electron chi connectivity index (χ2n) is 0. The van der Waals surface area contributed by atoms with Crippen molar-refractivity contribution in [3.05, 3.63) is 0 Å². The third-order valence-electron chi connectivity index (χ3n) is 0. The summed E-state index contributed by atoms with van der Waals surface area (Å²) in [6.45, 7) is 0. The van der Waals surface area contributed by atoms with Crippen LogP contribution in [0.15, 0.2) is 0 Å². The van der Waals surface area contributed by atoms with Crippen molar-refractivity contribution in [3.8, 4) is 0 Å². The van der Waals surface area contributed by atoms with Gasteiger partial charge in [0.15, 0.2) is 0 Å². The first-order chi connectivity index (χ1) is 1.00. The summed E-state index contributed by atoms with van der Waals surface area (Å²) in [5.41, 5.74) is 0. The molecule has 36 valence electrons. The molecule has 0 amide bonds. The molecule has 0 heterocycles. The molecule has 0 radical (unpaired) electrons. The minimum atomic E-state index is 0. The van der Waals surface area contributed by atoms with Crippen molar-refractivity contribution in [1.29, 1.82) is 0 Å². The molecule has 0 aliphatic heterocycles. The van der Waals surface area contributed by atoms with Gasteiger partial charge in [-0.1, -0.05) is 0 Å². The van der Waals surface area contributed by atoms with Gasteiger partial charge < -0.3 is 11.0 Å². The van der Waals surface area contributed by atoms with Crippen LogP contribution in [0.3, 0.4) is 0 Å². The van der Waals surface area contributed by atoms with E-state index in [-0.39, 0.29) is 40.5 Å². The molecule has 0 aromatic carbocycles. The van der Waals surface area contributed by atoms with Gasteiger partial charge in [0.25, 0.3) is 0 Å². The monoisotopic (exact) mass is 292 g/mol. The van der Waals surface area contributed by atoms with Crippen LogP contribution in [-0.2, 0) is 20.0 Å². The summed E-state index contributed by atoms with van der Waals surface area (Å²) in [4.78, 5) is 0. The second-order valence-corrected chi connectivity index (χ2v) is 0. The number of halogens is 1. The molecule has 0 fully saturated rings. The normalized spacial score (nSPS) is 1.40. The van der Waals surface area contributed by atoms with Gasteiger partial charge in [-0.05, 0) is 0 Å². The first kappa shape index (κ1) is 28.3. The van der Waals surface area contributed by atoms with Crippen molar-refractivity contribution in [2.45, 2.75) is 0 Å². The molecule has 0 saturated carbocycles. The topological polar surface area (TPSA) is 63.0 Å². The fraction of sp³-hybridized carbons (Fsp3) is 0. The van der Waals surface area contributed by atoms with E-state index in [2.05, 4.69) is 9.19 Å². The van der Waals surface area contributed by atoms with E-state index in [1.165, 1.54) is 0 Å². The van der Waals surface area contributed by atoms with Gasteiger partial charge in [-0.15, -0.1) is 0 Å². The fourth-order valence-electron chi connectivity index (χ4n) is 0. The van der Waals surface area contributed by atoms with Gasteiger partial charge >= 0.3 is 58.7 Å². The van der Waals surface area contributed by atoms with E-state index < -0.39 is 0 Å². The summed E-state index contributed by atoms with van der Waals surface area (Å²) in [5.74, 6) is 0. The molecule has 4 N–H and O–H groups in total. The molecule has 5 heteroatoms. The Hall–Kier alpha value is 1.95. The maximum absolute atomic E-state index is 4.58. The molecule has 0 unspecified atom stereocenters. The van der Waals surface area contributed by atoms with E-state index in [4.69, 9.17) is 0 Å². The summed E-state index contributed by atoms with van der Waals surface area (Å²) < 4.78 is 0. The van der Waals surface area contributed by atoms with Crippen LogP contribution in [-0.4, -0.2) is 40.5 Å². The third-order valence-corrected chi connectivity index (χ3v) is 0. The van der Waals surface area contributed by atoms with Gasteiger partial charge in [-0.2, -0.15) is 0 Å². The minimum absolute atomic E-state index is 0. The summed E-state index contributed by atoms with van der Waals surface area (Å²) in [6, 6.07) is 0. The molecule has 0 aromatic rings. The van der Waals surface area contributed by atoms with Gasteiger partial charge in [0, 0.05) is 0 Å². The van der Waals surface area contributed by atoms with Crippen molar-refractivity contribution in [2.75, 3.05) is 0 Å². The molecule has 2 nitrogen and oxygen atoms in total. The average molecular weight is 292 g/mol. The van der Waals surface area contributed by atoms with Crippen molar-refractivity contribution in [2.24, 2.45) is 0 Å². The Balaban J connectivity index is -0.00000000167. The van der Waals surface area contributed by atoms with Crippen molar-refractivity contribution in [3.63, 3.8) is 0 Å². The van der Waals surface area contributed by atoms with Gasteiger partial charge in [0.05, 0.1) is 0 Å². The summed E-state index contributed by atoms with van der Waals surface area (Å²) in [5, 5.41) is 0. The van der Waals surface area contributed by atoms with Crippen LogP contribution < -0.4 is 0 Å². The van der Waals surface area contributed by atoms with E-state index in [1.807, 2.05) is 0 Å². The second kappa shape index (κ2) is 38.3. The molecule has 0 saturated heterocycles. The molecule has 5 heavy (non-hydrogen) atoms. The Bertz CT molecular complexity index is 9.61. The summed E-state index contributed by atoms with van der Waals surface area (Å²) in [7, 11) is 4.58. The standard InChI is InChI=1S/Au.ClH.Na.2H2O.H/h;1H;;2*1H2;/q+1;;;;;/p-1. The predicted molar refractivity (Wildman–Crippen MR) is 20.2 cm³/mol. The number of rotatable bonds is 0. The predicted octanol–water partition coefficient (Wildman–Crippen LogP) is -1.61. The first-order valence-electron chi connectivity index (χ1n) is 0.114. The van der Waals surface area contributed by atoms with Crippen LogP contribution in [0.25, 0.3) is 0 Å². The Morgan fingerprint density at radius 2 is 1.00 bits per heavy atom. The van der Waals surface area contributed by atoms with Crippen LogP contribution in [0.5, 0.6) is 0 Å². The first-order valence-corrected chi connectivity index (χ1v) is 2.80. The van der Waals surface area contributed by atoms with Gasteiger partial charge in [0.1, 0.15) is 0 Å². The quantitative estimate of drug-likeness (QED) is 0.482. The molecule has 0 spiro atoms. The van der Waals surface area contributed by atoms with Gasteiger partial charge in [-0.3, -0.25) is 0 Å². The van der Waals surface area contributed by atoms with E-state index in [1.54, 1.807) is 20.0 Å². The van der Waals surface area contributed by atoms with Gasteiger partial charge in [0.2, 0.25) is 0 Å². The number of hydrogen-bond donors (Lipinski definition) is 0. The zero-order valence-electron chi connectivity index (χ0n) is 1.68. The molecule has 0 aromatic heterocycles. The number of hydrogen-bond acceptors (Lipinski definition) is 0. The molecule has 0 aliphatic rings. The molecule has 0 atom stereocenters. The van der Waals surface area contributed by atoms with E-state index >= 15 is 0 Å². The molecule has 0 aliphatic carbocycles. The average Bonchev–Trinajstić information content (AvgIpc) is 1.00. The fourth-order valence-corrected chi connectivity index (χ4v) is 0. The maximum atomic E-state index is 4.58. The summed E-state index contributed by atoms with van der Waals surface area (Å²) >= 11 is 1.75. The Kier molecular flexibility index (Phi) is 217. The van der Waals surface area contributed by atoms with E-state index in [0.717, 1.165) is 0 Å². The summed E-state index contributed by atoms with van der Waals surface area (Å²) in [6.07, 6.45) is 0. The zero-order chi connectivity index (χ0) is 2.00. The van der Waals surface area contributed by atoms with E-state index in [9.17, 15) is 0 Å².